The van der Waals surface area contributed by atoms with Crippen molar-refractivity contribution in [3.05, 3.63) is 90.3 Å². The number of hydrogen-bond donors (Lipinski definition) is 1. The summed E-state index contributed by atoms with van der Waals surface area (Å²) in [4.78, 5) is 23.5. The van der Waals surface area contributed by atoms with E-state index in [2.05, 4.69) is 56.0 Å². The molecule has 3 aromatic carbocycles. The molecule has 1 atom stereocenters. The lowest BCUT2D eigenvalue weighted by atomic mass is 9.97. The molecule has 0 aliphatic carbocycles. The maximum atomic E-state index is 12.6. The molecule has 1 fully saturated rings. The van der Waals surface area contributed by atoms with Crippen molar-refractivity contribution in [2.24, 2.45) is 10.9 Å². The summed E-state index contributed by atoms with van der Waals surface area (Å²) in [5.41, 5.74) is 4.78. The van der Waals surface area contributed by atoms with Crippen LogP contribution in [0.3, 0.4) is 0 Å². The second-order valence-electron chi connectivity index (χ2n) is 10.6. The van der Waals surface area contributed by atoms with Gasteiger partial charge in [0, 0.05) is 30.1 Å². The first-order valence-corrected chi connectivity index (χ1v) is 15.3. The lowest BCUT2D eigenvalue weighted by Gasteiger charge is -2.30. The van der Waals surface area contributed by atoms with E-state index in [4.69, 9.17) is 0 Å². The van der Waals surface area contributed by atoms with E-state index in [1.54, 1.807) is 11.8 Å². The number of aliphatic imine (C=N–C) groups is 1. The third-order valence-corrected chi connectivity index (χ3v) is 8.19. The van der Waals surface area contributed by atoms with Gasteiger partial charge in [0.25, 0.3) is 0 Å². The summed E-state index contributed by atoms with van der Waals surface area (Å²) in [5.74, 6) is 1.48. The van der Waals surface area contributed by atoms with Gasteiger partial charge in [0.1, 0.15) is 12.1 Å². The molecule has 1 saturated heterocycles. The molecule has 2 heterocycles. The van der Waals surface area contributed by atoms with Crippen LogP contribution in [-0.4, -0.2) is 51.2 Å². The van der Waals surface area contributed by atoms with E-state index in [0.29, 0.717) is 24.0 Å². The van der Waals surface area contributed by atoms with Crippen molar-refractivity contribution in [2.45, 2.75) is 39.5 Å². The number of para-hydroxylation sites is 1. The first kappa shape index (κ1) is 31.1. The molecule has 1 aliphatic rings. The molecule has 0 bridgehead atoms. The van der Waals surface area contributed by atoms with Gasteiger partial charge < -0.3 is 15.0 Å². The number of amides is 2. The maximum absolute atomic E-state index is 12.6. The highest BCUT2D eigenvalue weighted by Crippen LogP contribution is 2.28. The van der Waals surface area contributed by atoms with Crippen LogP contribution in [0.2, 0.25) is 0 Å². The monoisotopic (exact) mass is 622 g/mol. The van der Waals surface area contributed by atoms with Crippen molar-refractivity contribution in [1.82, 2.24) is 20.1 Å². The third-order valence-electron chi connectivity index (χ3n) is 7.13. The molecule has 230 valence electrons. The van der Waals surface area contributed by atoms with E-state index in [0.717, 1.165) is 59.1 Å². The molecule has 5 rings (SSSR count). The number of aromatic nitrogens is 3. The Hall–Kier alpha value is -4.32. The number of halogens is 3. The summed E-state index contributed by atoms with van der Waals surface area (Å²) in [6.45, 7) is 5.60. The second kappa shape index (κ2) is 14.0. The number of thioether (sulfide) groups is 1. The molecule has 0 saturated carbocycles. The molecule has 12 heteroatoms. The van der Waals surface area contributed by atoms with Gasteiger partial charge >= 0.3 is 12.4 Å². The number of carbonyl (C=O) groups is 1. The molecule has 0 spiro atoms. The summed E-state index contributed by atoms with van der Waals surface area (Å²) in [5, 5.41) is 8.15. The molecular formula is C32H33F3N6O2S. The van der Waals surface area contributed by atoms with Gasteiger partial charge in [-0.1, -0.05) is 61.2 Å². The zero-order valence-corrected chi connectivity index (χ0v) is 25.2. The minimum Gasteiger partial charge on any atom is -0.406 e. The highest BCUT2D eigenvalue weighted by Gasteiger charge is 2.31. The fourth-order valence-corrected chi connectivity index (χ4v) is 5.86. The fraction of sp³-hybridized carbons (Fsp3) is 0.312. The Morgan fingerprint density at radius 3 is 2.57 bits per heavy atom. The highest BCUT2D eigenvalue weighted by molar-refractivity contribution is 8.14. The van der Waals surface area contributed by atoms with Gasteiger partial charge in [-0.15, -0.1) is 18.3 Å². The van der Waals surface area contributed by atoms with E-state index < -0.39 is 6.36 Å². The van der Waals surface area contributed by atoms with Crippen LogP contribution in [0.25, 0.3) is 17.1 Å². The quantitative estimate of drug-likeness (QED) is 0.209. The van der Waals surface area contributed by atoms with Gasteiger partial charge in [-0.3, -0.25) is 0 Å². The molecule has 1 aliphatic heterocycles. The van der Waals surface area contributed by atoms with Crippen LogP contribution < -0.4 is 15.0 Å². The summed E-state index contributed by atoms with van der Waals surface area (Å²) in [7, 11) is 0. The van der Waals surface area contributed by atoms with Crippen LogP contribution in [0.5, 0.6) is 5.75 Å². The Morgan fingerprint density at radius 2 is 1.84 bits per heavy atom. The lowest BCUT2D eigenvalue weighted by Crippen LogP contribution is -2.36. The number of ether oxygens (including phenoxy) is 1. The summed E-state index contributed by atoms with van der Waals surface area (Å²) >= 11 is 1.61. The molecule has 8 nitrogen and oxygen atoms in total. The van der Waals surface area contributed by atoms with Crippen LogP contribution in [0.1, 0.15) is 30.9 Å². The first-order chi connectivity index (χ1) is 21.1. The van der Waals surface area contributed by atoms with Crippen molar-refractivity contribution in [3.8, 4) is 22.8 Å². The van der Waals surface area contributed by atoms with E-state index in [1.807, 2.05) is 36.4 Å². The van der Waals surface area contributed by atoms with Crippen LogP contribution >= 0.6 is 11.8 Å². The minimum absolute atomic E-state index is 0.299. The Bertz CT molecular complexity index is 1590. The van der Waals surface area contributed by atoms with Crippen LogP contribution in [-0.2, 0) is 6.42 Å². The van der Waals surface area contributed by atoms with Gasteiger partial charge in [-0.25, -0.2) is 14.5 Å². The average molecular weight is 623 g/mol. The molecule has 1 aromatic heterocycles. The van der Waals surface area contributed by atoms with Crippen LogP contribution in [0.15, 0.2) is 84.1 Å². The number of hydrogen-bond acceptors (Lipinski definition) is 5. The van der Waals surface area contributed by atoms with Gasteiger partial charge in [-0.2, -0.15) is 4.99 Å². The average Bonchev–Trinajstić information content (AvgIpc) is 3.48. The summed E-state index contributed by atoms with van der Waals surface area (Å²) < 4.78 is 42.6. The number of nitrogens with one attached hydrogen (secondary N) is 1. The van der Waals surface area contributed by atoms with E-state index in [-0.39, 0.29) is 11.8 Å². The Labute approximate surface area is 258 Å². The number of nitrogens with zero attached hydrogens (tertiary/aromatic N) is 5. The zero-order chi connectivity index (χ0) is 31.1. The Kier molecular flexibility index (Phi) is 9.89. The van der Waals surface area contributed by atoms with E-state index >= 15 is 0 Å². The van der Waals surface area contributed by atoms with Crippen molar-refractivity contribution in [3.63, 3.8) is 0 Å². The minimum atomic E-state index is -4.74. The summed E-state index contributed by atoms with van der Waals surface area (Å²) in [6.07, 6.45) is -0.533. The Balaban J connectivity index is 1.10. The highest BCUT2D eigenvalue weighted by atomic mass is 32.2. The predicted octanol–water partition coefficient (Wildman–Crippen LogP) is 7.42. The summed E-state index contributed by atoms with van der Waals surface area (Å²) in [6, 6.07) is 21.2. The zero-order valence-electron chi connectivity index (χ0n) is 24.4. The number of aryl methyl sites for hydroxylation is 1. The smallest absolute Gasteiger partial charge is 0.406 e. The number of carbonyl (C=O) groups excluding carboxylic acids is 1. The number of benzene rings is 3. The molecule has 4 aromatic rings. The maximum Gasteiger partial charge on any atom is 0.573 e. The molecular weight excluding hydrogens is 589 g/mol. The normalized spacial score (nSPS) is 15.3. The molecule has 2 amide bonds. The number of anilines is 1. The molecule has 1 N–H and O–H groups in total. The van der Waals surface area contributed by atoms with E-state index in [9.17, 15) is 18.0 Å². The van der Waals surface area contributed by atoms with Gasteiger partial charge in [-0.05, 0) is 73.6 Å². The van der Waals surface area contributed by atoms with Crippen molar-refractivity contribution in [2.75, 3.05) is 23.7 Å². The standard InChI is InChI=1S/C32H33F3N6O2S/c1-22(16-17-36-30(42)38-31-40(18-5-19-44-31)28-7-4-3-6-23(28)2)20-24-8-10-25(11-9-24)29-37-21-41(39-29)26-12-14-27(15-13-26)43-32(33,34)35/h3-4,6-15,21-22H,5,16-20H2,1-2H3,(H,36,42)/b38-31-. The number of rotatable bonds is 9. The largest absolute Gasteiger partial charge is 0.573 e. The first-order valence-electron chi connectivity index (χ1n) is 14.3. The van der Waals surface area contributed by atoms with Crippen molar-refractivity contribution >= 4 is 28.6 Å². The van der Waals surface area contributed by atoms with Crippen LogP contribution in [0.4, 0.5) is 23.7 Å². The second-order valence-corrected chi connectivity index (χ2v) is 11.7. The number of amidine groups is 1. The Morgan fingerprint density at radius 1 is 1.09 bits per heavy atom. The molecule has 1 unspecified atom stereocenters. The van der Waals surface area contributed by atoms with Gasteiger partial charge in [0.05, 0.1) is 5.69 Å². The number of urea groups is 1. The number of alkyl halides is 3. The molecule has 44 heavy (non-hydrogen) atoms. The van der Waals surface area contributed by atoms with Gasteiger partial charge in [0.2, 0.25) is 0 Å². The van der Waals surface area contributed by atoms with Crippen LogP contribution in [0, 0.1) is 12.8 Å². The topological polar surface area (TPSA) is 84.6 Å². The van der Waals surface area contributed by atoms with Gasteiger partial charge in [0.15, 0.2) is 11.0 Å². The van der Waals surface area contributed by atoms with Crippen molar-refractivity contribution < 1.29 is 22.7 Å². The fourth-order valence-electron chi connectivity index (χ4n) is 4.91. The van der Waals surface area contributed by atoms with E-state index in [1.165, 1.54) is 35.3 Å². The SMILES string of the molecule is Cc1ccccc1N1CCCS/C1=N\C(=O)NCCC(C)Cc1ccc(-c2ncn(-c3ccc(OC(F)(F)F)cc3)n2)cc1. The predicted molar refractivity (Wildman–Crippen MR) is 167 cm³/mol. The lowest BCUT2D eigenvalue weighted by molar-refractivity contribution is -0.274. The third kappa shape index (κ3) is 8.40. The molecule has 0 radical (unpaired) electrons. The van der Waals surface area contributed by atoms with Crippen molar-refractivity contribution in [1.29, 1.82) is 0 Å².